The Morgan fingerprint density at radius 1 is 1.19 bits per heavy atom. The van der Waals surface area contributed by atoms with Crippen molar-refractivity contribution in [3.8, 4) is 22.8 Å². The molecule has 4 aromatic rings. The molecule has 0 spiro atoms. The average molecular weight is 449 g/mol. The molecular formula is C24H21ClN4O3. The molecule has 2 aromatic heterocycles. The number of nitrogens with zero attached hydrogens (tertiary/aromatic N) is 4. The first-order valence-electron chi connectivity index (χ1n) is 10.4. The lowest BCUT2D eigenvalue weighted by molar-refractivity contribution is 0.0710. The zero-order valence-electron chi connectivity index (χ0n) is 17.7. The maximum atomic E-state index is 13.6. The van der Waals surface area contributed by atoms with Crippen molar-refractivity contribution in [2.45, 2.75) is 32.7 Å². The van der Waals surface area contributed by atoms with E-state index in [0.29, 0.717) is 40.3 Å². The quantitative estimate of drug-likeness (QED) is 0.401. The minimum atomic E-state index is -0.291. The zero-order chi connectivity index (χ0) is 22.2. The third-order valence-electron chi connectivity index (χ3n) is 5.82. The van der Waals surface area contributed by atoms with Gasteiger partial charge in [-0.3, -0.25) is 4.79 Å². The van der Waals surface area contributed by atoms with Crippen molar-refractivity contribution in [2.75, 3.05) is 6.54 Å². The molecule has 3 heterocycles. The van der Waals surface area contributed by atoms with Gasteiger partial charge in [0.25, 0.3) is 5.91 Å². The molecule has 8 heteroatoms. The Kier molecular flexibility index (Phi) is 5.27. The Bertz CT molecular complexity index is 1280. The Hall–Kier alpha value is -3.45. The van der Waals surface area contributed by atoms with Gasteiger partial charge in [0.2, 0.25) is 17.6 Å². The summed E-state index contributed by atoms with van der Waals surface area (Å²) >= 11 is 6.25. The van der Waals surface area contributed by atoms with Gasteiger partial charge in [0.1, 0.15) is 12.3 Å². The number of hydrogen-bond donors (Lipinski definition) is 0. The van der Waals surface area contributed by atoms with Crippen LogP contribution in [-0.4, -0.2) is 32.5 Å². The van der Waals surface area contributed by atoms with Crippen LogP contribution in [-0.2, 0) is 0 Å². The summed E-state index contributed by atoms with van der Waals surface area (Å²) in [6.45, 7) is 4.48. The fraction of sp³-hybridized carbons (Fsp3) is 0.250. The fourth-order valence-electron chi connectivity index (χ4n) is 4.13. The summed E-state index contributed by atoms with van der Waals surface area (Å²) in [5, 5.41) is 4.81. The van der Waals surface area contributed by atoms with Gasteiger partial charge in [0.05, 0.1) is 11.8 Å². The Balaban J connectivity index is 1.48. The van der Waals surface area contributed by atoms with E-state index in [-0.39, 0.29) is 11.9 Å². The maximum Gasteiger partial charge on any atom is 0.255 e. The summed E-state index contributed by atoms with van der Waals surface area (Å²) in [6.07, 6.45) is 4.67. The third kappa shape index (κ3) is 3.58. The molecule has 1 fully saturated rings. The second-order valence-electron chi connectivity index (χ2n) is 7.91. The number of rotatable bonds is 4. The average Bonchev–Trinajstić information content (AvgIpc) is 3.56. The fourth-order valence-corrected chi connectivity index (χ4v) is 4.30. The van der Waals surface area contributed by atoms with E-state index in [1.807, 2.05) is 50.2 Å². The minimum absolute atomic E-state index is 0.108. The minimum Gasteiger partial charge on any atom is -0.445 e. The highest BCUT2D eigenvalue weighted by Crippen LogP contribution is 2.36. The molecule has 1 aliphatic rings. The van der Waals surface area contributed by atoms with E-state index in [2.05, 4.69) is 15.1 Å². The topological polar surface area (TPSA) is 85.3 Å². The van der Waals surface area contributed by atoms with Crippen molar-refractivity contribution in [1.29, 1.82) is 0 Å². The lowest BCUT2D eigenvalue weighted by Gasteiger charge is -2.23. The largest absolute Gasteiger partial charge is 0.445 e. The van der Waals surface area contributed by atoms with Gasteiger partial charge in [-0.1, -0.05) is 40.5 Å². The van der Waals surface area contributed by atoms with Crippen LogP contribution in [0.3, 0.4) is 0 Å². The van der Waals surface area contributed by atoms with Crippen molar-refractivity contribution in [3.63, 3.8) is 0 Å². The van der Waals surface area contributed by atoms with Gasteiger partial charge in [0, 0.05) is 22.7 Å². The Morgan fingerprint density at radius 2 is 2.06 bits per heavy atom. The van der Waals surface area contributed by atoms with Gasteiger partial charge in [-0.25, -0.2) is 4.98 Å². The molecule has 7 nitrogen and oxygen atoms in total. The highest BCUT2D eigenvalue weighted by atomic mass is 35.5. The predicted molar refractivity (Wildman–Crippen MR) is 119 cm³/mol. The first-order chi connectivity index (χ1) is 15.5. The molecule has 1 amide bonds. The number of amides is 1. The van der Waals surface area contributed by atoms with Crippen molar-refractivity contribution in [1.82, 2.24) is 20.0 Å². The van der Waals surface area contributed by atoms with Crippen LogP contribution in [0.2, 0.25) is 5.02 Å². The summed E-state index contributed by atoms with van der Waals surface area (Å²) in [7, 11) is 0. The number of aryl methyl sites for hydroxylation is 1. The number of carbonyl (C=O) groups excluding carboxylic acids is 1. The molecule has 0 N–H and O–H groups in total. The molecular weight excluding hydrogens is 428 g/mol. The van der Waals surface area contributed by atoms with Crippen LogP contribution >= 0.6 is 11.6 Å². The SMILES string of the molecule is Cc1ccc(-c2ncco2)c(C(=O)N2CCCC2c2nc(-c3cccc(Cl)c3C)no2)c1. The van der Waals surface area contributed by atoms with Gasteiger partial charge < -0.3 is 13.8 Å². The first-order valence-corrected chi connectivity index (χ1v) is 10.8. The molecule has 1 atom stereocenters. The number of aromatic nitrogens is 3. The van der Waals surface area contributed by atoms with E-state index in [0.717, 1.165) is 29.5 Å². The summed E-state index contributed by atoms with van der Waals surface area (Å²) in [4.78, 5) is 24.3. The van der Waals surface area contributed by atoms with Crippen LogP contribution in [0.25, 0.3) is 22.8 Å². The summed E-state index contributed by atoms with van der Waals surface area (Å²) in [5.74, 6) is 1.20. The van der Waals surface area contributed by atoms with Crippen molar-refractivity contribution < 1.29 is 13.7 Å². The van der Waals surface area contributed by atoms with Gasteiger partial charge >= 0.3 is 0 Å². The number of benzene rings is 2. The molecule has 162 valence electrons. The second-order valence-corrected chi connectivity index (χ2v) is 8.32. The lowest BCUT2D eigenvalue weighted by Crippen LogP contribution is -2.31. The van der Waals surface area contributed by atoms with Gasteiger partial charge in [0.15, 0.2) is 0 Å². The molecule has 1 aliphatic heterocycles. The molecule has 1 unspecified atom stereocenters. The number of likely N-dealkylation sites (tertiary alicyclic amines) is 1. The molecule has 0 radical (unpaired) electrons. The zero-order valence-corrected chi connectivity index (χ0v) is 18.5. The van der Waals surface area contributed by atoms with Crippen molar-refractivity contribution in [2.24, 2.45) is 0 Å². The van der Waals surface area contributed by atoms with Crippen molar-refractivity contribution >= 4 is 17.5 Å². The number of hydrogen-bond acceptors (Lipinski definition) is 6. The van der Waals surface area contributed by atoms with E-state index in [1.54, 1.807) is 11.1 Å². The summed E-state index contributed by atoms with van der Waals surface area (Å²) in [5.41, 5.74) is 3.89. The van der Waals surface area contributed by atoms with Crippen LogP contribution in [0.15, 0.2) is 57.8 Å². The second kappa shape index (κ2) is 8.24. The summed E-state index contributed by atoms with van der Waals surface area (Å²) in [6, 6.07) is 11.0. The van der Waals surface area contributed by atoms with Gasteiger partial charge in [-0.2, -0.15) is 4.98 Å². The van der Waals surface area contributed by atoms with Gasteiger partial charge in [-0.15, -0.1) is 0 Å². The molecule has 0 bridgehead atoms. The third-order valence-corrected chi connectivity index (χ3v) is 6.23. The normalized spacial score (nSPS) is 16.0. The predicted octanol–water partition coefficient (Wildman–Crippen LogP) is 5.64. The molecule has 32 heavy (non-hydrogen) atoms. The lowest BCUT2D eigenvalue weighted by atomic mass is 10.0. The van der Waals surface area contributed by atoms with E-state index in [9.17, 15) is 4.79 Å². The summed E-state index contributed by atoms with van der Waals surface area (Å²) < 4.78 is 11.1. The monoisotopic (exact) mass is 448 g/mol. The van der Waals surface area contributed by atoms with Crippen LogP contribution in [0.5, 0.6) is 0 Å². The maximum absolute atomic E-state index is 13.6. The molecule has 1 saturated heterocycles. The molecule has 0 saturated carbocycles. The van der Waals surface area contributed by atoms with Gasteiger partial charge in [-0.05, 0) is 50.5 Å². The number of oxazole rings is 1. The van der Waals surface area contributed by atoms with Crippen LogP contribution in [0.4, 0.5) is 0 Å². The van der Waals surface area contributed by atoms with E-state index in [4.69, 9.17) is 20.5 Å². The molecule has 0 aliphatic carbocycles. The molecule has 5 rings (SSSR count). The van der Waals surface area contributed by atoms with E-state index >= 15 is 0 Å². The first kappa shape index (κ1) is 20.5. The van der Waals surface area contributed by atoms with Crippen LogP contribution in [0.1, 0.15) is 46.3 Å². The number of halogens is 1. The van der Waals surface area contributed by atoms with Crippen LogP contribution < -0.4 is 0 Å². The van der Waals surface area contributed by atoms with E-state index in [1.165, 1.54) is 6.26 Å². The van der Waals surface area contributed by atoms with Crippen molar-refractivity contribution in [3.05, 3.63) is 76.5 Å². The van der Waals surface area contributed by atoms with E-state index < -0.39 is 0 Å². The Labute approximate surface area is 190 Å². The highest BCUT2D eigenvalue weighted by molar-refractivity contribution is 6.31. The Morgan fingerprint density at radius 3 is 2.88 bits per heavy atom. The standard InChI is InChI=1S/C24H21ClN4O3/c1-14-8-9-17(22-26-10-12-31-22)18(13-14)24(30)29-11-4-7-20(29)23-27-21(28-32-23)16-5-3-6-19(25)15(16)2/h3,5-6,8-10,12-13,20H,4,7,11H2,1-2H3. The molecule has 2 aromatic carbocycles. The highest BCUT2D eigenvalue weighted by Gasteiger charge is 2.36. The number of carbonyl (C=O) groups is 1. The smallest absolute Gasteiger partial charge is 0.255 e. The van der Waals surface area contributed by atoms with Crippen LogP contribution in [0, 0.1) is 13.8 Å².